The fourth-order valence-corrected chi connectivity index (χ4v) is 7.26. The maximum absolute atomic E-state index is 12.5. The van der Waals surface area contributed by atoms with Crippen LogP contribution >= 0.6 is 23.5 Å². The van der Waals surface area contributed by atoms with E-state index in [9.17, 15) is 29.4 Å². The fourth-order valence-electron chi connectivity index (χ4n) is 5.78. The predicted molar refractivity (Wildman–Crippen MR) is 202 cm³/mol. The number of hydrogen-bond donors (Lipinski definition) is 4. The Labute approximate surface area is 323 Å². The van der Waals surface area contributed by atoms with Gasteiger partial charge in [0.05, 0.1) is 11.4 Å². The molecule has 0 fully saturated rings. The van der Waals surface area contributed by atoms with Crippen molar-refractivity contribution >= 4 is 45.9 Å². The topological polar surface area (TPSA) is 162 Å². The minimum absolute atomic E-state index is 0. The molecule has 291 valence electrons. The first-order valence-electron chi connectivity index (χ1n) is 17.8. The van der Waals surface area contributed by atoms with Crippen LogP contribution in [0.15, 0.2) is 18.2 Å². The number of thioether (sulfide) groups is 2. The Morgan fingerprint density at radius 1 is 0.745 bits per heavy atom. The van der Waals surface area contributed by atoms with Gasteiger partial charge in [0, 0.05) is 94.0 Å². The Bertz CT molecular complexity index is 1100. The van der Waals surface area contributed by atoms with Crippen LogP contribution in [0.25, 0.3) is 0 Å². The van der Waals surface area contributed by atoms with Gasteiger partial charge in [0.2, 0.25) is 0 Å². The Balaban J connectivity index is 0.0000130. The second kappa shape index (κ2) is 26.8. The van der Waals surface area contributed by atoms with Crippen LogP contribution in [-0.2, 0) is 39.7 Å². The van der Waals surface area contributed by atoms with Crippen molar-refractivity contribution in [3.63, 3.8) is 0 Å². The second-order valence-electron chi connectivity index (χ2n) is 12.3. The van der Waals surface area contributed by atoms with Crippen LogP contribution < -0.4 is 10.6 Å². The molecule has 0 aromatic carbocycles. The standard InChI is InChI=1S/C34H60N8O6S2.Mn/c1-6-39(7-2)21-23-49-33(47)35-15-13-29(31(43)44)41-19-17-38(5)18-20-42(26-28-12-10-11-27(25-41)37-28)30(32(45)46)14-16-36-34(48)50-24-22-40(8-3)9-4;/h10-12,29-30H,6-9,13-26H2,1-5H3,(H,35,47)(H,36,48)(H,43,44)(H,45,46);. The summed E-state index contributed by atoms with van der Waals surface area (Å²) in [5.41, 5.74) is 1.38. The van der Waals surface area contributed by atoms with Crippen LogP contribution in [0.2, 0.25) is 0 Å². The summed E-state index contributed by atoms with van der Waals surface area (Å²) in [4.78, 5) is 65.0. The van der Waals surface area contributed by atoms with E-state index >= 15 is 0 Å². The van der Waals surface area contributed by atoms with Gasteiger partial charge in [-0.3, -0.25) is 34.0 Å². The van der Waals surface area contributed by atoms with Crippen molar-refractivity contribution < 1.29 is 46.5 Å². The third-order valence-corrected chi connectivity index (χ3v) is 10.6. The first kappa shape index (κ1) is 47.1. The van der Waals surface area contributed by atoms with Gasteiger partial charge in [0.15, 0.2) is 0 Å². The summed E-state index contributed by atoms with van der Waals surface area (Å²) in [6, 6.07) is 3.92. The molecule has 0 aliphatic carbocycles. The van der Waals surface area contributed by atoms with Crippen LogP contribution in [0.5, 0.6) is 0 Å². The predicted octanol–water partition coefficient (Wildman–Crippen LogP) is 2.88. The second-order valence-corrected chi connectivity index (χ2v) is 14.5. The van der Waals surface area contributed by atoms with E-state index in [0.29, 0.717) is 62.2 Å². The first-order chi connectivity index (χ1) is 24.0. The first-order valence-corrected chi connectivity index (χ1v) is 19.8. The van der Waals surface area contributed by atoms with Gasteiger partial charge in [-0.2, -0.15) is 0 Å². The van der Waals surface area contributed by atoms with Crippen molar-refractivity contribution in [2.75, 3.05) is 97.1 Å². The van der Waals surface area contributed by atoms with E-state index in [1.54, 1.807) is 0 Å². The SMILES string of the molecule is CCN(CC)CCSC(=O)NCCC(C(=O)O)N1CCN(C)CCN(C(CCNC(=O)SCCN(CC)CC)C(=O)O)Cc2cccc(n2)C1.[Mn]. The molecule has 51 heavy (non-hydrogen) atoms. The van der Waals surface area contributed by atoms with Crippen LogP contribution in [0.3, 0.4) is 0 Å². The van der Waals surface area contributed by atoms with Gasteiger partial charge in [-0.25, -0.2) is 0 Å². The van der Waals surface area contributed by atoms with Crippen molar-refractivity contribution in [3.8, 4) is 0 Å². The van der Waals surface area contributed by atoms with Gasteiger partial charge in [-0.05, 0) is 58.2 Å². The average Bonchev–Trinajstić information content (AvgIpc) is 3.09. The molecule has 4 N–H and O–H groups in total. The van der Waals surface area contributed by atoms with Crippen molar-refractivity contribution in [1.82, 2.24) is 40.1 Å². The van der Waals surface area contributed by atoms with Crippen LogP contribution in [0.4, 0.5) is 9.59 Å². The molecule has 2 rings (SSSR count). The maximum Gasteiger partial charge on any atom is 0.320 e. The smallest absolute Gasteiger partial charge is 0.320 e. The van der Waals surface area contributed by atoms with Crippen LogP contribution in [-0.4, -0.2) is 171 Å². The largest absolute Gasteiger partial charge is 0.480 e. The molecule has 0 saturated carbocycles. The quantitative estimate of drug-likeness (QED) is 0.143. The number of nitrogens with one attached hydrogen (secondary N) is 2. The van der Waals surface area contributed by atoms with E-state index in [-0.39, 0.29) is 53.5 Å². The number of pyridine rings is 1. The Morgan fingerprint density at radius 3 is 1.49 bits per heavy atom. The molecule has 1 aromatic rings. The Morgan fingerprint density at radius 2 is 1.14 bits per heavy atom. The summed E-state index contributed by atoms with van der Waals surface area (Å²) in [7, 11) is 1.94. The van der Waals surface area contributed by atoms with Gasteiger partial charge in [-0.1, -0.05) is 57.3 Å². The molecular formula is C34H60MnN8O6S2. The molecular weight excluding hydrogens is 735 g/mol. The van der Waals surface area contributed by atoms with Gasteiger partial charge in [0.1, 0.15) is 12.1 Å². The number of aromatic nitrogens is 1. The molecule has 2 heterocycles. The number of carbonyl (C=O) groups is 4. The van der Waals surface area contributed by atoms with Crippen molar-refractivity contribution in [2.45, 2.75) is 65.7 Å². The van der Waals surface area contributed by atoms with E-state index in [1.165, 1.54) is 23.5 Å². The minimum atomic E-state index is -0.954. The summed E-state index contributed by atoms with van der Waals surface area (Å²) < 4.78 is 0. The molecule has 1 aromatic heterocycles. The van der Waals surface area contributed by atoms with Gasteiger partial charge < -0.3 is 35.5 Å². The molecule has 0 saturated heterocycles. The molecule has 2 bridgehead atoms. The molecule has 1 aliphatic heterocycles. The van der Waals surface area contributed by atoms with Crippen molar-refractivity contribution in [3.05, 3.63) is 29.6 Å². The molecule has 2 unspecified atom stereocenters. The van der Waals surface area contributed by atoms with Crippen molar-refractivity contribution in [1.29, 1.82) is 0 Å². The maximum atomic E-state index is 12.5. The van der Waals surface area contributed by atoms with Crippen molar-refractivity contribution in [2.24, 2.45) is 0 Å². The monoisotopic (exact) mass is 795 g/mol. The zero-order valence-electron chi connectivity index (χ0n) is 31.0. The molecule has 1 radical (unpaired) electrons. The number of nitrogens with zero attached hydrogens (tertiary/aromatic N) is 6. The van der Waals surface area contributed by atoms with E-state index in [0.717, 1.165) is 39.3 Å². The minimum Gasteiger partial charge on any atom is -0.480 e. The number of likely N-dealkylation sites (N-methyl/N-ethyl adjacent to an activating group) is 1. The zero-order valence-corrected chi connectivity index (χ0v) is 33.8. The number of hydrogen-bond acceptors (Lipinski definition) is 12. The summed E-state index contributed by atoms with van der Waals surface area (Å²) in [5, 5.41) is 25.9. The molecule has 14 nitrogen and oxygen atoms in total. The van der Waals surface area contributed by atoms with Crippen LogP contribution in [0, 0.1) is 0 Å². The Kier molecular flexibility index (Phi) is 24.7. The average molecular weight is 796 g/mol. The van der Waals surface area contributed by atoms with Gasteiger partial charge in [-0.15, -0.1) is 0 Å². The molecule has 17 heteroatoms. The number of rotatable bonds is 20. The zero-order chi connectivity index (χ0) is 36.9. The van der Waals surface area contributed by atoms with Gasteiger partial charge in [0.25, 0.3) is 10.5 Å². The number of fused-ring (bicyclic) bond motifs is 2. The molecule has 0 spiro atoms. The van der Waals surface area contributed by atoms with Gasteiger partial charge >= 0.3 is 11.9 Å². The fraction of sp³-hybridized carbons (Fsp3) is 0.735. The third-order valence-electron chi connectivity index (χ3n) is 9.03. The van der Waals surface area contributed by atoms with E-state index in [4.69, 9.17) is 4.98 Å². The Hall–Kier alpha value is -1.95. The summed E-state index contributed by atoms with van der Waals surface area (Å²) >= 11 is 2.43. The summed E-state index contributed by atoms with van der Waals surface area (Å²) in [5.74, 6) is -0.559. The number of carbonyl (C=O) groups excluding carboxylic acids is 2. The number of carboxylic acid groups (broad SMARTS) is 2. The summed E-state index contributed by atoms with van der Waals surface area (Å²) in [6.45, 7) is 16.8. The number of carboxylic acids is 2. The van der Waals surface area contributed by atoms with E-state index < -0.39 is 24.0 Å². The molecule has 1 aliphatic rings. The normalized spacial score (nSPS) is 16.1. The van der Waals surface area contributed by atoms with Crippen LogP contribution in [0.1, 0.15) is 51.9 Å². The molecule has 2 atom stereocenters. The number of aliphatic carboxylic acids is 2. The number of amides is 2. The molecule has 2 amide bonds. The van der Waals surface area contributed by atoms with E-state index in [1.807, 2.05) is 35.0 Å². The summed E-state index contributed by atoms with van der Waals surface area (Å²) in [6.07, 6.45) is 0.500. The third kappa shape index (κ3) is 18.6. The van der Waals surface area contributed by atoms with E-state index in [2.05, 4.69) is 53.0 Å².